The van der Waals surface area contributed by atoms with Crippen LogP contribution in [0.25, 0.3) is 0 Å². The number of nitro benzene ring substituents is 3. The molecule has 0 saturated heterocycles. The van der Waals surface area contributed by atoms with Crippen LogP contribution in [0, 0.1) is 30.3 Å². The third-order valence-corrected chi connectivity index (χ3v) is 3.72. The molecule has 0 radical (unpaired) electrons. The molecule has 2 rings (SSSR count). The topological polar surface area (TPSA) is 167 Å². The normalized spacial score (nSPS) is 9.00. The molecule has 2 aromatic carbocycles. The lowest BCUT2D eigenvalue weighted by Gasteiger charge is -1.93. The summed E-state index contributed by atoms with van der Waals surface area (Å²) in [6.07, 6.45) is 0. The maximum atomic E-state index is 10.3. The maximum Gasteiger partial charge on any atom is 0.290 e. The van der Waals surface area contributed by atoms with E-state index in [1.165, 1.54) is 0 Å². The minimum absolute atomic E-state index is 0.250. The first-order chi connectivity index (χ1) is 12.5. The first-order valence-electron chi connectivity index (χ1n) is 6.29. The third kappa shape index (κ3) is 9.72. The second kappa shape index (κ2) is 12.0. The van der Waals surface area contributed by atoms with Gasteiger partial charge >= 0.3 is 0 Å². The summed E-state index contributed by atoms with van der Waals surface area (Å²) in [4.78, 5) is 36.5. The summed E-state index contributed by atoms with van der Waals surface area (Å²) in [7, 11) is 0. The maximum absolute atomic E-state index is 10.3. The van der Waals surface area contributed by atoms with Gasteiger partial charge in [0.15, 0.2) is 0 Å². The van der Waals surface area contributed by atoms with Gasteiger partial charge in [0.2, 0.25) is 0 Å². The molecule has 0 aliphatic rings. The predicted molar refractivity (Wildman–Crippen MR) is 105 cm³/mol. The zero-order valence-electron chi connectivity index (χ0n) is 12.8. The SMILES string of the molecule is Brc1cc(Br)cc(Br)c1.O=CO.O=[N+]([O-])c1cc([N+](=O)[O-])cc([N+](=O)[O-])c1. The second-order valence-electron chi connectivity index (χ2n) is 4.17. The Kier molecular flexibility index (Phi) is 10.9. The Hall–Kier alpha value is -2.45. The molecule has 144 valence electrons. The Morgan fingerprint density at radius 1 is 0.667 bits per heavy atom. The van der Waals surface area contributed by atoms with E-state index in [1.807, 2.05) is 18.2 Å². The van der Waals surface area contributed by atoms with Gasteiger partial charge in [0.05, 0.1) is 33.0 Å². The van der Waals surface area contributed by atoms with E-state index in [9.17, 15) is 30.3 Å². The molecule has 11 nitrogen and oxygen atoms in total. The van der Waals surface area contributed by atoms with Crippen LogP contribution in [0.3, 0.4) is 0 Å². The van der Waals surface area contributed by atoms with Gasteiger partial charge in [0.25, 0.3) is 23.5 Å². The minimum atomic E-state index is -0.931. The van der Waals surface area contributed by atoms with E-state index in [2.05, 4.69) is 47.8 Å². The fourth-order valence-electron chi connectivity index (χ4n) is 1.42. The summed E-state index contributed by atoms with van der Waals surface area (Å²) in [5.41, 5.74) is -2.05. The number of halogens is 3. The second-order valence-corrected chi connectivity index (χ2v) is 6.92. The number of nitro groups is 3. The van der Waals surface area contributed by atoms with Crippen molar-refractivity contribution in [1.82, 2.24) is 0 Å². The van der Waals surface area contributed by atoms with Crippen LogP contribution in [0.15, 0.2) is 49.8 Å². The van der Waals surface area contributed by atoms with Crippen molar-refractivity contribution < 1.29 is 24.7 Å². The van der Waals surface area contributed by atoms with Crippen molar-refractivity contribution in [2.75, 3.05) is 0 Å². The molecule has 14 heteroatoms. The summed E-state index contributed by atoms with van der Waals surface area (Å²) < 4.78 is 3.22. The molecule has 0 bridgehead atoms. The van der Waals surface area contributed by atoms with E-state index in [0.29, 0.717) is 18.2 Å². The molecule has 0 spiro atoms. The summed E-state index contributed by atoms with van der Waals surface area (Å²) in [6.45, 7) is -0.250. The number of nitrogens with zero attached hydrogens (tertiary/aromatic N) is 3. The number of carbonyl (C=O) groups is 1. The van der Waals surface area contributed by atoms with Gasteiger partial charge in [-0.05, 0) is 18.2 Å². The van der Waals surface area contributed by atoms with Crippen molar-refractivity contribution >= 4 is 71.3 Å². The molecular weight excluding hydrogens is 566 g/mol. The van der Waals surface area contributed by atoms with Crippen molar-refractivity contribution in [3.63, 3.8) is 0 Å². The quantitative estimate of drug-likeness (QED) is 0.301. The molecule has 0 fully saturated rings. The van der Waals surface area contributed by atoms with Crippen molar-refractivity contribution in [3.05, 3.63) is 80.2 Å². The van der Waals surface area contributed by atoms with Crippen LogP contribution in [-0.4, -0.2) is 26.3 Å². The van der Waals surface area contributed by atoms with E-state index in [0.717, 1.165) is 13.4 Å². The van der Waals surface area contributed by atoms with E-state index in [4.69, 9.17) is 9.90 Å². The Morgan fingerprint density at radius 3 is 1.00 bits per heavy atom. The number of non-ortho nitro benzene ring substituents is 3. The number of benzene rings is 2. The molecule has 0 aromatic heterocycles. The first kappa shape index (κ1) is 24.6. The molecule has 0 unspecified atom stereocenters. The van der Waals surface area contributed by atoms with Crippen molar-refractivity contribution in [2.45, 2.75) is 0 Å². The molecular formula is C13H8Br3N3O8. The van der Waals surface area contributed by atoms with Gasteiger partial charge < -0.3 is 5.11 Å². The molecule has 0 aliphatic heterocycles. The summed E-state index contributed by atoms with van der Waals surface area (Å²) in [6, 6.07) is 7.95. The average molecular weight is 574 g/mol. The molecule has 0 amide bonds. The zero-order chi connectivity index (χ0) is 21.1. The van der Waals surface area contributed by atoms with Crippen LogP contribution in [0.2, 0.25) is 0 Å². The monoisotopic (exact) mass is 571 g/mol. The van der Waals surface area contributed by atoms with E-state index in [-0.39, 0.29) is 6.47 Å². The molecule has 0 heterocycles. The highest BCUT2D eigenvalue weighted by molar-refractivity contribution is 9.11. The largest absolute Gasteiger partial charge is 0.483 e. The standard InChI is InChI=1S/C6H3Br3.C6H3N3O6.CH2O2/c7-4-1-5(8)3-6(9)2-4;10-7(11)4-1-5(8(12)13)3-6(2-4)9(14)15;2-1-3/h1-3H;1-3H;1H,(H,2,3). The Bertz CT molecular complexity index is 733. The lowest BCUT2D eigenvalue weighted by Crippen LogP contribution is -1.96. The predicted octanol–water partition coefficient (Wildman–Crippen LogP) is 5.09. The highest BCUT2D eigenvalue weighted by Crippen LogP contribution is 2.27. The van der Waals surface area contributed by atoms with E-state index >= 15 is 0 Å². The summed E-state index contributed by atoms with van der Waals surface area (Å²) >= 11 is 10.1. The summed E-state index contributed by atoms with van der Waals surface area (Å²) in [5, 5.41) is 37.8. The van der Waals surface area contributed by atoms with Gasteiger partial charge in [0, 0.05) is 13.4 Å². The molecule has 2 aromatic rings. The van der Waals surface area contributed by atoms with Gasteiger partial charge in [-0.2, -0.15) is 0 Å². The van der Waals surface area contributed by atoms with Crippen LogP contribution in [0.1, 0.15) is 0 Å². The minimum Gasteiger partial charge on any atom is -0.483 e. The number of carboxylic acid groups (broad SMARTS) is 1. The molecule has 0 aliphatic carbocycles. The van der Waals surface area contributed by atoms with E-state index < -0.39 is 31.8 Å². The Morgan fingerprint density at radius 2 is 0.852 bits per heavy atom. The highest BCUT2D eigenvalue weighted by atomic mass is 79.9. The van der Waals surface area contributed by atoms with Crippen LogP contribution < -0.4 is 0 Å². The average Bonchev–Trinajstić information content (AvgIpc) is 2.54. The van der Waals surface area contributed by atoms with Crippen molar-refractivity contribution in [2.24, 2.45) is 0 Å². The van der Waals surface area contributed by atoms with Crippen LogP contribution in [0.4, 0.5) is 17.1 Å². The van der Waals surface area contributed by atoms with Crippen molar-refractivity contribution in [1.29, 1.82) is 0 Å². The van der Waals surface area contributed by atoms with Gasteiger partial charge in [-0.3, -0.25) is 35.1 Å². The Balaban J connectivity index is 0.000000477. The van der Waals surface area contributed by atoms with Crippen molar-refractivity contribution in [3.8, 4) is 0 Å². The van der Waals surface area contributed by atoms with Gasteiger partial charge in [0.1, 0.15) is 0 Å². The third-order valence-electron chi connectivity index (χ3n) is 2.35. The van der Waals surface area contributed by atoms with Gasteiger partial charge in [-0.1, -0.05) is 47.8 Å². The van der Waals surface area contributed by atoms with E-state index in [1.54, 1.807) is 0 Å². The highest BCUT2D eigenvalue weighted by Gasteiger charge is 2.21. The fraction of sp³-hybridized carbons (Fsp3) is 0. The number of hydrogen-bond donors (Lipinski definition) is 1. The molecule has 1 N–H and O–H groups in total. The van der Waals surface area contributed by atoms with Gasteiger partial charge in [-0.25, -0.2) is 0 Å². The molecule has 0 atom stereocenters. The Labute approximate surface area is 175 Å². The van der Waals surface area contributed by atoms with Crippen LogP contribution >= 0.6 is 47.8 Å². The lowest BCUT2D eigenvalue weighted by atomic mass is 10.2. The summed E-state index contributed by atoms with van der Waals surface area (Å²) in [5.74, 6) is 0. The van der Waals surface area contributed by atoms with Crippen LogP contribution in [0.5, 0.6) is 0 Å². The van der Waals surface area contributed by atoms with Crippen LogP contribution in [-0.2, 0) is 4.79 Å². The molecule has 27 heavy (non-hydrogen) atoms. The smallest absolute Gasteiger partial charge is 0.290 e. The number of rotatable bonds is 3. The zero-order valence-corrected chi connectivity index (χ0v) is 17.6. The molecule has 0 saturated carbocycles. The fourth-order valence-corrected chi connectivity index (χ4v) is 3.82. The first-order valence-corrected chi connectivity index (χ1v) is 8.67. The number of hydrogen-bond acceptors (Lipinski definition) is 7. The van der Waals surface area contributed by atoms with Gasteiger partial charge in [-0.15, -0.1) is 0 Å². The lowest BCUT2D eigenvalue weighted by molar-refractivity contribution is -0.403.